The summed E-state index contributed by atoms with van der Waals surface area (Å²) in [6.45, 7) is -1.86. The van der Waals surface area contributed by atoms with Crippen LogP contribution in [0.5, 0.6) is 5.75 Å². The van der Waals surface area contributed by atoms with Gasteiger partial charge >= 0.3 is 6.61 Å². The first-order chi connectivity index (χ1) is 16.7. The van der Waals surface area contributed by atoms with E-state index in [1.807, 2.05) is 35.2 Å². The molecule has 3 aromatic rings. The highest BCUT2D eigenvalue weighted by atomic mass is 32.2. The first kappa shape index (κ1) is 23.4. The fourth-order valence-corrected chi connectivity index (χ4v) is 5.49. The number of benzene rings is 2. The second-order valence-electron chi connectivity index (χ2n) is 8.44. The summed E-state index contributed by atoms with van der Waals surface area (Å²) in [6, 6.07) is 13.4. The number of rotatable bonds is 7. The van der Waals surface area contributed by atoms with Crippen molar-refractivity contribution in [2.45, 2.75) is 36.7 Å². The van der Waals surface area contributed by atoms with E-state index < -0.39 is 28.8 Å². The number of likely N-dealkylation sites (tertiary alicyclic amines) is 1. The minimum Gasteiger partial charge on any atom is -0.435 e. The third kappa shape index (κ3) is 4.51. The lowest BCUT2D eigenvalue weighted by atomic mass is 9.99. The van der Waals surface area contributed by atoms with Gasteiger partial charge in [0.25, 0.3) is 10.0 Å². The van der Waals surface area contributed by atoms with Crippen LogP contribution in [0.2, 0.25) is 0 Å². The van der Waals surface area contributed by atoms with E-state index in [0.29, 0.717) is 24.3 Å². The van der Waals surface area contributed by atoms with Crippen LogP contribution < -0.4 is 4.74 Å². The maximum Gasteiger partial charge on any atom is 0.387 e. The Morgan fingerprint density at radius 3 is 2.34 bits per heavy atom. The zero-order valence-electron chi connectivity index (χ0n) is 18.4. The van der Waals surface area contributed by atoms with E-state index in [1.54, 1.807) is 4.90 Å². The quantitative estimate of drug-likeness (QED) is 0.525. The molecule has 1 N–H and O–H groups in total. The Hall–Kier alpha value is -3.35. The lowest BCUT2D eigenvalue weighted by molar-refractivity contribution is -0.143. The highest BCUT2D eigenvalue weighted by Gasteiger charge is 2.40. The fourth-order valence-electron chi connectivity index (χ4n) is 4.32. The Balaban J connectivity index is 1.33. The van der Waals surface area contributed by atoms with Crippen LogP contribution in [0.4, 0.5) is 8.78 Å². The number of carbonyl (C=O) groups is 1. The van der Waals surface area contributed by atoms with E-state index >= 15 is 0 Å². The Morgan fingerprint density at radius 2 is 1.74 bits per heavy atom. The number of aliphatic hydroxyl groups is 1. The highest BCUT2D eigenvalue weighted by molar-refractivity contribution is 7.89. The van der Waals surface area contributed by atoms with Crippen molar-refractivity contribution >= 4 is 15.9 Å². The van der Waals surface area contributed by atoms with Crippen molar-refractivity contribution in [1.29, 1.82) is 0 Å². The lowest BCUT2D eigenvalue weighted by Crippen LogP contribution is -2.55. The minimum atomic E-state index is -4.05. The molecule has 2 aliphatic heterocycles. The number of nitrogens with zero attached hydrogens (tertiary/aromatic N) is 4. The van der Waals surface area contributed by atoms with E-state index in [9.17, 15) is 27.1 Å². The fraction of sp³-hybridized carbons (Fsp3) is 0.304. The predicted octanol–water partition coefficient (Wildman–Crippen LogP) is 1.98. The molecule has 12 heteroatoms. The van der Waals surface area contributed by atoms with Crippen molar-refractivity contribution in [3.63, 3.8) is 0 Å². The number of β-amino-alcohol motifs (C(OH)–C–C–N with tert-alkyl or cyclic N) is 1. The van der Waals surface area contributed by atoms with Crippen LogP contribution in [0.25, 0.3) is 0 Å². The van der Waals surface area contributed by atoms with Gasteiger partial charge in [0.1, 0.15) is 11.8 Å². The third-order valence-corrected chi connectivity index (χ3v) is 7.62. The van der Waals surface area contributed by atoms with Crippen LogP contribution in [0.3, 0.4) is 0 Å². The summed E-state index contributed by atoms with van der Waals surface area (Å²) < 4.78 is 55.7. The second-order valence-corrected chi connectivity index (χ2v) is 10.2. The predicted molar refractivity (Wildman–Crippen MR) is 119 cm³/mol. The Bertz CT molecular complexity index is 1300. The molecule has 0 radical (unpaired) electrons. The molecule has 0 spiro atoms. The average molecular weight is 505 g/mol. The number of halogens is 2. The lowest BCUT2D eigenvalue weighted by Gasteiger charge is -2.42. The minimum absolute atomic E-state index is 0.131. The van der Waals surface area contributed by atoms with Crippen LogP contribution in [-0.2, 0) is 27.9 Å². The summed E-state index contributed by atoms with van der Waals surface area (Å²) in [5.41, 5.74) is 1.89. The molecule has 1 saturated heterocycles. The van der Waals surface area contributed by atoms with Crippen LogP contribution in [0.1, 0.15) is 22.9 Å². The maximum absolute atomic E-state index is 13.4. The summed E-state index contributed by atoms with van der Waals surface area (Å²) >= 11 is 0. The number of hydrogen-bond donors (Lipinski definition) is 1. The van der Waals surface area contributed by atoms with Gasteiger partial charge in [0.15, 0.2) is 0 Å². The van der Waals surface area contributed by atoms with Gasteiger partial charge < -0.3 is 14.7 Å². The molecule has 1 aromatic heterocycles. The third-order valence-electron chi connectivity index (χ3n) is 6.07. The van der Waals surface area contributed by atoms with E-state index in [-0.39, 0.29) is 29.6 Å². The number of fused-ring (bicyclic) bond motifs is 1. The Morgan fingerprint density at radius 1 is 1.06 bits per heavy atom. The molecule has 1 fully saturated rings. The second kappa shape index (κ2) is 9.02. The van der Waals surface area contributed by atoms with Gasteiger partial charge in [0, 0.05) is 31.4 Å². The summed E-state index contributed by atoms with van der Waals surface area (Å²) in [5, 5.41) is 13.9. The molecule has 0 saturated carbocycles. The van der Waals surface area contributed by atoms with Crippen LogP contribution in [-0.4, -0.2) is 64.2 Å². The molecule has 9 nitrogen and oxygen atoms in total. The van der Waals surface area contributed by atoms with E-state index in [1.165, 1.54) is 18.3 Å². The molecule has 5 rings (SSSR count). The van der Waals surface area contributed by atoms with Gasteiger partial charge in [0.2, 0.25) is 5.91 Å². The monoisotopic (exact) mass is 504 g/mol. The largest absolute Gasteiger partial charge is 0.435 e. The summed E-state index contributed by atoms with van der Waals surface area (Å²) in [6.07, 6.45) is 0.903. The SMILES string of the molecule is O=C(C(c1ccccc1)N1CC(O)C1)N1Cc2cn(S(=O)(=O)c3ccc(OC(F)F)cc3)nc2C1. The maximum atomic E-state index is 13.4. The van der Waals surface area contributed by atoms with Gasteiger partial charge in [-0.15, -0.1) is 0 Å². The van der Waals surface area contributed by atoms with Crippen LogP contribution in [0, 0.1) is 0 Å². The average Bonchev–Trinajstić information content (AvgIpc) is 3.39. The molecular weight excluding hydrogens is 482 g/mol. The summed E-state index contributed by atoms with van der Waals surface area (Å²) in [7, 11) is -4.05. The van der Waals surface area contributed by atoms with Gasteiger partial charge in [-0.1, -0.05) is 30.3 Å². The van der Waals surface area contributed by atoms with Gasteiger partial charge in [-0.05, 0) is 29.8 Å². The molecule has 35 heavy (non-hydrogen) atoms. The Labute approximate surface area is 200 Å². The summed E-state index contributed by atoms with van der Waals surface area (Å²) in [5.74, 6) is -0.302. The number of aromatic nitrogens is 2. The highest BCUT2D eigenvalue weighted by Crippen LogP contribution is 2.32. The number of aliphatic hydroxyl groups excluding tert-OH is 1. The van der Waals surface area contributed by atoms with Gasteiger partial charge in [-0.25, -0.2) is 0 Å². The molecule has 1 amide bonds. The molecule has 184 valence electrons. The molecular formula is C23H22F2N4O5S. The molecule has 1 unspecified atom stereocenters. The zero-order valence-corrected chi connectivity index (χ0v) is 19.2. The van der Waals surface area contributed by atoms with Crippen molar-refractivity contribution in [2.24, 2.45) is 0 Å². The molecule has 2 aromatic carbocycles. The zero-order chi connectivity index (χ0) is 24.7. The molecule has 2 aliphatic rings. The van der Waals surface area contributed by atoms with E-state index in [2.05, 4.69) is 9.84 Å². The van der Waals surface area contributed by atoms with Crippen molar-refractivity contribution < 1.29 is 31.8 Å². The number of ether oxygens (including phenoxy) is 1. The van der Waals surface area contributed by atoms with E-state index in [4.69, 9.17) is 0 Å². The number of alkyl halides is 2. The topological polar surface area (TPSA) is 105 Å². The van der Waals surface area contributed by atoms with Crippen molar-refractivity contribution in [3.8, 4) is 5.75 Å². The normalized spacial score (nSPS) is 17.3. The van der Waals surface area contributed by atoms with Crippen molar-refractivity contribution in [3.05, 3.63) is 77.6 Å². The molecule has 0 bridgehead atoms. The van der Waals surface area contributed by atoms with Crippen LogP contribution in [0.15, 0.2) is 65.7 Å². The van der Waals surface area contributed by atoms with Gasteiger partial charge in [-0.3, -0.25) is 9.69 Å². The molecule has 0 aliphatic carbocycles. The smallest absolute Gasteiger partial charge is 0.387 e. The number of hydrogen-bond acceptors (Lipinski definition) is 7. The standard InChI is InChI=1S/C23H22F2N4O5S/c24-23(25)34-18-6-8-19(9-7-18)35(32,33)29-11-16-10-28(14-20(16)26-29)22(31)21(27-12-17(30)13-27)15-4-2-1-3-5-15/h1-9,11,17,21,23,30H,10,12-14H2. The van der Waals surface area contributed by atoms with Crippen LogP contribution >= 0.6 is 0 Å². The van der Waals surface area contributed by atoms with Crippen molar-refractivity contribution in [1.82, 2.24) is 19.0 Å². The Kier molecular flexibility index (Phi) is 6.03. The van der Waals surface area contributed by atoms with E-state index in [0.717, 1.165) is 21.8 Å². The molecule has 1 atom stereocenters. The summed E-state index contributed by atoms with van der Waals surface area (Å²) in [4.78, 5) is 16.8. The molecule has 3 heterocycles. The van der Waals surface area contributed by atoms with Gasteiger partial charge in [-0.2, -0.15) is 26.4 Å². The van der Waals surface area contributed by atoms with Crippen molar-refractivity contribution in [2.75, 3.05) is 13.1 Å². The number of carbonyl (C=O) groups excluding carboxylic acids is 1. The first-order valence-electron chi connectivity index (χ1n) is 10.9. The number of amides is 1. The van der Waals surface area contributed by atoms with Gasteiger partial charge in [0.05, 0.1) is 23.2 Å². The first-order valence-corrected chi connectivity index (χ1v) is 12.3.